The van der Waals surface area contributed by atoms with Crippen LogP contribution in [-0.2, 0) is 33.4 Å². The summed E-state index contributed by atoms with van der Waals surface area (Å²) in [5.74, 6) is -0.634. The first-order valence-corrected chi connectivity index (χ1v) is 13.6. The molecule has 0 bridgehead atoms. The Hall–Kier alpha value is -2.44. The molecule has 1 saturated heterocycles. The number of carbonyl (C=O) groups excluding carboxylic acids is 4. The zero-order chi connectivity index (χ0) is 25.6. The zero-order valence-corrected chi connectivity index (χ0v) is 21.6. The largest absolute Gasteiger partial charge is 0.462 e. The van der Waals surface area contributed by atoms with Crippen molar-refractivity contribution >= 4 is 23.9 Å². The number of hydrogen-bond acceptors (Lipinski definition) is 7. The van der Waals surface area contributed by atoms with Crippen molar-refractivity contribution in [3.63, 3.8) is 0 Å². The van der Waals surface area contributed by atoms with Crippen molar-refractivity contribution in [2.75, 3.05) is 0 Å². The summed E-state index contributed by atoms with van der Waals surface area (Å²) in [5, 5.41) is 0. The Kier molecular flexibility index (Phi) is 5.34. The number of carbonyl (C=O) groups is 4. The van der Waals surface area contributed by atoms with Crippen LogP contribution in [0.25, 0.3) is 0 Å². The maximum atomic E-state index is 12.8. The highest BCUT2D eigenvalue weighted by molar-refractivity contribution is 5.97. The molecule has 6 aliphatic rings. The van der Waals surface area contributed by atoms with Gasteiger partial charge in [0.2, 0.25) is 0 Å². The normalized spacial score (nSPS) is 44.9. The van der Waals surface area contributed by atoms with Crippen LogP contribution >= 0.6 is 0 Å². The predicted molar refractivity (Wildman–Crippen MR) is 128 cm³/mol. The van der Waals surface area contributed by atoms with Gasteiger partial charge in [0, 0.05) is 26.7 Å². The van der Waals surface area contributed by atoms with Gasteiger partial charge < -0.3 is 14.2 Å². The minimum absolute atomic E-state index is 0.0270. The molecular weight excluding hydrogens is 460 g/mol. The lowest BCUT2D eigenvalue weighted by molar-refractivity contribution is -0.154. The lowest BCUT2D eigenvalue weighted by Gasteiger charge is -2.57. The second-order valence-corrected chi connectivity index (χ2v) is 12.5. The van der Waals surface area contributed by atoms with Crippen molar-refractivity contribution in [3.05, 3.63) is 23.0 Å². The van der Waals surface area contributed by atoms with Crippen molar-refractivity contribution in [1.29, 1.82) is 0 Å². The molecule has 0 amide bonds. The van der Waals surface area contributed by atoms with Crippen LogP contribution in [0.5, 0.6) is 0 Å². The lowest BCUT2D eigenvalue weighted by Crippen LogP contribution is -2.50. The van der Waals surface area contributed by atoms with Crippen molar-refractivity contribution in [2.45, 2.75) is 85.2 Å². The fourth-order valence-corrected chi connectivity index (χ4v) is 9.51. The highest BCUT2D eigenvalue weighted by Crippen LogP contribution is 2.70. The van der Waals surface area contributed by atoms with E-state index >= 15 is 0 Å². The van der Waals surface area contributed by atoms with Gasteiger partial charge in [0.05, 0.1) is 11.8 Å². The van der Waals surface area contributed by atoms with Crippen molar-refractivity contribution in [1.82, 2.24) is 0 Å². The van der Waals surface area contributed by atoms with E-state index < -0.39 is 23.8 Å². The Bertz CT molecular complexity index is 1120. The third kappa shape index (κ3) is 3.30. The molecule has 0 spiro atoms. The van der Waals surface area contributed by atoms with Crippen LogP contribution in [0.2, 0.25) is 0 Å². The number of hydrogen-bond donors (Lipinski definition) is 0. The number of allylic oxidation sites excluding steroid dienone is 3. The maximum absolute atomic E-state index is 12.8. The Morgan fingerprint density at radius 3 is 2.42 bits per heavy atom. The highest BCUT2D eigenvalue weighted by Gasteiger charge is 2.65. The van der Waals surface area contributed by atoms with Crippen LogP contribution in [0.1, 0.15) is 79.1 Å². The molecule has 7 nitrogen and oxygen atoms in total. The third-order valence-electron chi connectivity index (χ3n) is 10.9. The Morgan fingerprint density at radius 2 is 1.69 bits per heavy atom. The number of fused-ring (bicyclic) bond motifs is 9. The summed E-state index contributed by atoms with van der Waals surface area (Å²) in [6.45, 7) is 7.59. The summed E-state index contributed by atoms with van der Waals surface area (Å²) in [6, 6.07) is 0. The first kappa shape index (κ1) is 23.9. The predicted octanol–water partition coefficient (Wildman–Crippen LogP) is 4.64. The van der Waals surface area contributed by atoms with E-state index in [0.29, 0.717) is 23.5 Å². The quantitative estimate of drug-likeness (QED) is 0.238. The molecule has 0 aromatic carbocycles. The number of esters is 4. The Morgan fingerprint density at radius 1 is 0.944 bits per heavy atom. The Balaban J connectivity index is 1.36. The zero-order valence-electron chi connectivity index (χ0n) is 21.6. The molecule has 7 heteroatoms. The minimum Gasteiger partial charge on any atom is -0.462 e. The number of rotatable bonds is 2. The van der Waals surface area contributed by atoms with E-state index in [2.05, 4.69) is 19.9 Å². The SMILES string of the molecule is CC(=O)OC1=C2C(CC3C4CC=C5CC(OC(C)=O)CCC5(C)C4CCC23C)C2C(=O)OC(=O)C2C1. The van der Waals surface area contributed by atoms with Crippen LogP contribution in [0.15, 0.2) is 23.0 Å². The second kappa shape index (κ2) is 8.03. The smallest absolute Gasteiger partial charge is 0.318 e. The van der Waals surface area contributed by atoms with Gasteiger partial charge >= 0.3 is 23.9 Å². The summed E-state index contributed by atoms with van der Waals surface area (Å²) in [6.07, 6.45) is 9.23. The van der Waals surface area contributed by atoms with Gasteiger partial charge in [-0.1, -0.05) is 25.5 Å². The van der Waals surface area contributed by atoms with E-state index in [9.17, 15) is 19.2 Å². The van der Waals surface area contributed by atoms with Crippen LogP contribution < -0.4 is 0 Å². The summed E-state index contributed by atoms with van der Waals surface area (Å²) < 4.78 is 16.4. The highest BCUT2D eigenvalue weighted by atomic mass is 16.6. The van der Waals surface area contributed by atoms with Gasteiger partial charge in [-0.05, 0) is 78.6 Å². The van der Waals surface area contributed by atoms with Crippen molar-refractivity contribution < 1.29 is 33.4 Å². The fourth-order valence-electron chi connectivity index (χ4n) is 9.51. The molecule has 0 N–H and O–H groups in total. The van der Waals surface area contributed by atoms with Gasteiger partial charge in [0.1, 0.15) is 11.9 Å². The maximum Gasteiger partial charge on any atom is 0.318 e. The number of ether oxygens (including phenoxy) is 3. The lowest BCUT2D eigenvalue weighted by atomic mass is 9.47. The molecule has 3 saturated carbocycles. The standard InChI is InChI=1S/C29H36O7/c1-14(30)34-17-7-9-28(3)16(11-17)5-6-18-21(28)8-10-29(4)22(18)12-19-24-20(26(32)36-27(24)33)13-23(25(19)29)35-15(2)31/h5,17-22,24H,6-13H2,1-4H3. The summed E-state index contributed by atoms with van der Waals surface area (Å²) in [7, 11) is 0. The van der Waals surface area contributed by atoms with Crippen LogP contribution in [-0.4, -0.2) is 30.0 Å². The molecule has 6 rings (SSSR count). The van der Waals surface area contributed by atoms with Gasteiger partial charge in [-0.25, -0.2) is 0 Å². The molecule has 1 heterocycles. The minimum atomic E-state index is -0.549. The Labute approximate surface area is 212 Å². The molecule has 0 aromatic heterocycles. The first-order valence-electron chi connectivity index (χ1n) is 13.6. The molecular formula is C29H36O7. The molecule has 1 aliphatic heterocycles. The summed E-state index contributed by atoms with van der Waals surface area (Å²) in [5.41, 5.74) is 2.47. The monoisotopic (exact) mass is 496 g/mol. The van der Waals surface area contributed by atoms with E-state index in [4.69, 9.17) is 14.2 Å². The van der Waals surface area contributed by atoms with E-state index in [-0.39, 0.29) is 41.2 Å². The average Bonchev–Trinajstić information content (AvgIpc) is 3.26. The van der Waals surface area contributed by atoms with Gasteiger partial charge in [-0.15, -0.1) is 0 Å². The van der Waals surface area contributed by atoms with Gasteiger partial charge in [-0.2, -0.15) is 0 Å². The summed E-state index contributed by atoms with van der Waals surface area (Å²) >= 11 is 0. The summed E-state index contributed by atoms with van der Waals surface area (Å²) in [4.78, 5) is 48.9. The molecule has 0 aromatic rings. The van der Waals surface area contributed by atoms with Crippen LogP contribution in [0, 0.1) is 46.3 Å². The molecule has 9 unspecified atom stereocenters. The van der Waals surface area contributed by atoms with E-state index in [1.165, 1.54) is 19.4 Å². The van der Waals surface area contributed by atoms with Gasteiger partial charge in [-0.3, -0.25) is 19.2 Å². The molecule has 4 fully saturated rings. The van der Waals surface area contributed by atoms with Crippen LogP contribution in [0.3, 0.4) is 0 Å². The molecule has 0 radical (unpaired) electrons. The first-order chi connectivity index (χ1) is 17.0. The van der Waals surface area contributed by atoms with Gasteiger partial charge in [0.15, 0.2) is 0 Å². The van der Waals surface area contributed by atoms with E-state index in [1.54, 1.807) is 0 Å². The molecule has 36 heavy (non-hydrogen) atoms. The molecule has 9 atom stereocenters. The second-order valence-electron chi connectivity index (χ2n) is 12.5. The number of cyclic esters (lactones) is 2. The third-order valence-corrected chi connectivity index (χ3v) is 10.9. The fraction of sp³-hybridized carbons (Fsp3) is 0.724. The van der Waals surface area contributed by atoms with Crippen LogP contribution in [0.4, 0.5) is 0 Å². The average molecular weight is 497 g/mol. The van der Waals surface area contributed by atoms with Crippen molar-refractivity contribution in [2.24, 2.45) is 46.3 Å². The van der Waals surface area contributed by atoms with Crippen molar-refractivity contribution in [3.8, 4) is 0 Å². The van der Waals surface area contributed by atoms with E-state index in [1.807, 2.05) is 0 Å². The molecule has 194 valence electrons. The topological polar surface area (TPSA) is 96.0 Å². The molecule has 5 aliphatic carbocycles. The van der Waals surface area contributed by atoms with Gasteiger partial charge in [0.25, 0.3) is 0 Å². The van der Waals surface area contributed by atoms with E-state index in [0.717, 1.165) is 50.5 Å².